The third-order valence-electron chi connectivity index (χ3n) is 4.03. The molecule has 152 valence electrons. The van der Waals surface area contributed by atoms with Crippen molar-refractivity contribution in [3.63, 3.8) is 0 Å². The van der Waals surface area contributed by atoms with Gasteiger partial charge in [-0.05, 0) is 29.8 Å². The van der Waals surface area contributed by atoms with Crippen LogP contribution >= 0.6 is 0 Å². The van der Waals surface area contributed by atoms with Gasteiger partial charge in [-0.1, -0.05) is 48.2 Å². The minimum absolute atomic E-state index is 0.0337. The molecule has 0 bridgehead atoms. The molecular weight excluding hydrogens is 395 g/mol. The van der Waals surface area contributed by atoms with Crippen LogP contribution in [0.5, 0.6) is 0 Å². The summed E-state index contributed by atoms with van der Waals surface area (Å²) in [5.74, 6) is 4.63. The molecule has 5 nitrogen and oxygen atoms in total. The summed E-state index contributed by atoms with van der Waals surface area (Å²) in [5.41, 5.74) is -0.0560. The summed E-state index contributed by atoms with van der Waals surface area (Å²) in [4.78, 5) is 24.2. The molecule has 1 N–H and O–H groups in total. The van der Waals surface area contributed by atoms with Gasteiger partial charge < -0.3 is 5.32 Å². The van der Waals surface area contributed by atoms with E-state index in [4.69, 9.17) is 0 Å². The van der Waals surface area contributed by atoms with Crippen LogP contribution in [0.4, 0.5) is 13.2 Å². The van der Waals surface area contributed by atoms with E-state index in [0.29, 0.717) is 0 Å². The molecular formula is C22H16F3N3O2. The van der Waals surface area contributed by atoms with Gasteiger partial charge in [0.15, 0.2) is 0 Å². The highest BCUT2D eigenvalue weighted by Gasteiger charge is 2.30. The topological polar surface area (TPSA) is 64.0 Å². The molecule has 0 atom stereocenters. The number of carbonyl (C=O) groups is 1. The maximum absolute atomic E-state index is 12.7. The molecule has 0 aliphatic rings. The lowest BCUT2D eigenvalue weighted by Gasteiger charge is -2.07. The molecule has 2 aromatic carbocycles. The maximum atomic E-state index is 12.7. The molecule has 0 spiro atoms. The van der Waals surface area contributed by atoms with E-state index in [1.165, 1.54) is 28.9 Å². The number of rotatable bonds is 4. The highest BCUT2D eigenvalue weighted by molar-refractivity contribution is 5.92. The maximum Gasteiger partial charge on any atom is 0.416 e. The highest BCUT2D eigenvalue weighted by atomic mass is 19.4. The average Bonchev–Trinajstić information content (AvgIpc) is 2.73. The van der Waals surface area contributed by atoms with E-state index in [1.54, 1.807) is 0 Å². The third kappa shape index (κ3) is 5.58. The fraction of sp³-hybridized carbons (Fsp3) is 0.136. The van der Waals surface area contributed by atoms with Crippen molar-refractivity contribution >= 4 is 5.91 Å². The normalized spacial score (nSPS) is 10.8. The SMILES string of the molecule is O=C(NCC#Cc1cccc(C(F)(F)F)c1)c1ccc(=O)n(Cc2ccccc2)n1. The van der Waals surface area contributed by atoms with Crippen LogP contribution in [-0.2, 0) is 12.7 Å². The number of hydrogen-bond donors (Lipinski definition) is 1. The lowest BCUT2D eigenvalue weighted by molar-refractivity contribution is -0.137. The summed E-state index contributed by atoms with van der Waals surface area (Å²) in [5, 5.41) is 6.57. The molecule has 1 aromatic heterocycles. The second-order valence-corrected chi connectivity index (χ2v) is 6.26. The molecule has 1 amide bonds. The molecule has 8 heteroatoms. The zero-order chi connectivity index (χ0) is 21.6. The van der Waals surface area contributed by atoms with E-state index >= 15 is 0 Å². The number of hydrogen-bond acceptors (Lipinski definition) is 3. The number of amides is 1. The zero-order valence-electron chi connectivity index (χ0n) is 15.6. The number of nitrogens with one attached hydrogen (secondary N) is 1. The molecule has 0 fully saturated rings. The molecule has 1 heterocycles. The number of nitrogens with zero attached hydrogens (tertiary/aromatic N) is 2. The van der Waals surface area contributed by atoms with Gasteiger partial charge in [0.05, 0.1) is 18.7 Å². The Labute approximate surface area is 170 Å². The Kier molecular flexibility index (Phi) is 6.32. The van der Waals surface area contributed by atoms with Crippen LogP contribution in [0.25, 0.3) is 0 Å². The quantitative estimate of drug-likeness (QED) is 0.671. The van der Waals surface area contributed by atoms with Gasteiger partial charge in [0.25, 0.3) is 11.5 Å². The Bertz CT molecular complexity index is 1160. The first kappa shape index (κ1) is 20.9. The van der Waals surface area contributed by atoms with E-state index in [2.05, 4.69) is 22.3 Å². The lowest BCUT2D eigenvalue weighted by Crippen LogP contribution is -2.30. The van der Waals surface area contributed by atoms with Gasteiger partial charge in [-0.25, -0.2) is 4.68 Å². The number of carbonyl (C=O) groups excluding carboxylic acids is 1. The predicted molar refractivity (Wildman–Crippen MR) is 105 cm³/mol. The van der Waals surface area contributed by atoms with E-state index in [1.807, 2.05) is 30.3 Å². The molecule has 3 rings (SSSR count). The zero-order valence-corrected chi connectivity index (χ0v) is 15.6. The Morgan fingerprint density at radius 1 is 1.03 bits per heavy atom. The van der Waals surface area contributed by atoms with Crippen LogP contribution in [0.3, 0.4) is 0 Å². The summed E-state index contributed by atoms with van der Waals surface area (Å²) in [6, 6.07) is 16.4. The fourth-order valence-corrected chi connectivity index (χ4v) is 2.57. The fourth-order valence-electron chi connectivity index (χ4n) is 2.57. The number of aromatic nitrogens is 2. The van der Waals surface area contributed by atoms with Gasteiger partial charge in [0.2, 0.25) is 0 Å². The van der Waals surface area contributed by atoms with Crippen molar-refractivity contribution in [3.05, 3.63) is 99.5 Å². The van der Waals surface area contributed by atoms with Crippen LogP contribution in [-0.4, -0.2) is 22.2 Å². The number of halogens is 3. The molecule has 0 radical (unpaired) electrons. The van der Waals surface area contributed by atoms with Crippen molar-refractivity contribution in [2.45, 2.75) is 12.7 Å². The van der Waals surface area contributed by atoms with Gasteiger partial charge in [-0.3, -0.25) is 9.59 Å². The van der Waals surface area contributed by atoms with Gasteiger partial charge in [0, 0.05) is 11.6 Å². The van der Waals surface area contributed by atoms with E-state index in [0.717, 1.165) is 17.7 Å². The Morgan fingerprint density at radius 3 is 2.53 bits per heavy atom. The van der Waals surface area contributed by atoms with Crippen LogP contribution in [0.2, 0.25) is 0 Å². The molecule has 0 saturated heterocycles. The Hall–Kier alpha value is -3.86. The second-order valence-electron chi connectivity index (χ2n) is 6.26. The third-order valence-corrected chi connectivity index (χ3v) is 4.03. The highest BCUT2D eigenvalue weighted by Crippen LogP contribution is 2.29. The van der Waals surface area contributed by atoms with Gasteiger partial charge in [-0.2, -0.15) is 18.3 Å². The largest absolute Gasteiger partial charge is 0.416 e. The van der Waals surface area contributed by atoms with Crippen molar-refractivity contribution < 1.29 is 18.0 Å². The van der Waals surface area contributed by atoms with Gasteiger partial charge in [-0.15, -0.1) is 0 Å². The van der Waals surface area contributed by atoms with Crippen molar-refractivity contribution in [3.8, 4) is 11.8 Å². The molecule has 0 saturated carbocycles. The van der Waals surface area contributed by atoms with E-state index < -0.39 is 17.6 Å². The standard InChI is InChI=1S/C22H16F3N3O2/c23-22(24,25)18-10-4-8-16(14-18)9-5-13-26-21(30)19-11-12-20(29)28(27-19)15-17-6-2-1-3-7-17/h1-4,6-8,10-12,14H,13,15H2,(H,26,30). The van der Waals surface area contributed by atoms with Gasteiger partial charge >= 0.3 is 6.18 Å². The van der Waals surface area contributed by atoms with Crippen LogP contribution in [0.15, 0.2) is 71.5 Å². The van der Waals surface area contributed by atoms with Gasteiger partial charge in [0.1, 0.15) is 5.69 Å². The monoisotopic (exact) mass is 411 g/mol. The summed E-state index contributed by atoms with van der Waals surface area (Å²) in [7, 11) is 0. The Morgan fingerprint density at radius 2 is 1.80 bits per heavy atom. The van der Waals surface area contributed by atoms with Crippen LogP contribution in [0, 0.1) is 11.8 Å². The van der Waals surface area contributed by atoms with E-state index in [-0.39, 0.29) is 29.9 Å². The van der Waals surface area contributed by atoms with Crippen LogP contribution < -0.4 is 10.9 Å². The molecule has 0 aliphatic heterocycles. The summed E-state index contributed by atoms with van der Waals surface area (Å²) >= 11 is 0. The lowest BCUT2D eigenvalue weighted by atomic mass is 10.1. The van der Waals surface area contributed by atoms with E-state index in [9.17, 15) is 22.8 Å². The molecule has 0 unspecified atom stereocenters. The first-order valence-corrected chi connectivity index (χ1v) is 8.89. The minimum Gasteiger partial charge on any atom is -0.340 e. The molecule has 30 heavy (non-hydrogen) atoms. The average molecular weight is 411 g/mol. The first-order chi connectivity index (χ1) is 14.3. The second kappa shape index (κ2) is 9.09. The summed E-state index contributed by atoms with van der Waals surface area (Å²) < 4.78 is 39.3. The van der Waals surface area contributed by atoms with Crippen molar-refractivity contribution in [1.82, 2.24) is 15.1 Å². The number of benzene rings is 2. The summed E-state index contributed by atoms with van der Waals surface area (Å²) in [6.45, 7) is 0.130. The minimum atomic E-state index is -4.44. The first-order valence-electron chi connectivity index (χ1n) is 8.89. The predicted octanol–water partition coefficient (Wildman–Crippen LogP) is 3.09. The van der Waals surface area contributed by atoms with Crippen molar-refractivity contribution in [1.29, 1.82) is 0 Å². The Balaban J connectivity index is 1.64. The van der Waals surface area contributed by atoms with Crippen LogP contribution in [0.1, 0.15) is 27.2 Å². The smallest absolute Gasteiger partial charge is 0.340 e. The number of alkyl halides is 3. The summed E-state index contributed by atoms with van der Waals surface area (Å²) in [6.07, 6.45) is -4.44. The van der Waals surface area contributed by atoms with Crippen molar-refractivity contribution in [2.75, 3.05) is 6.54 Å². The molecule has 3 aromatic rings. The van der Waals surface area contributed by atoms with Crippen molar-refractivity contribution in [2.24, 2.45) is 0 Å². The molecule has 0 aliphatic carbocycles.